The van der Waals surface area contributed by atoms with Gasteiger partial charge in [-0.3, -0.25) is 0 Å². The molecule has 0 radical (unpaired) electrons. The van der Waals surface area contributed by atoms with Crippen LogP contribution in [0.1, 0.15) is 20.8 Å². The highest BCUT2D eigenvalue weighted by Crippen LogP contribution is 2.39. The molecule has 1 saturated heterocycles. The molecule has 0 aromatic heterocycles. The van der Waals surface area contributed by atoms with Crippen LogP contribution in [-0.2, 0) is 19.0 Å². The van der Waals surface area contributed by atoms with Gasteiger partial charge in [0.15, 0.2) is 13.8 Å². The van der Waals surface area contributed by atoms with E-state index < -0.39 is 23.6 Å². The van der Waals surface area contributed by atoms with Crippen LogP contribution in [0.2, 0.25) is 18.1 Å². The predicted molar refractivity (Wildman–Crippen MR) is 85.4 cm³/mol. The van der Waals surface area contributed by atoms with Gasteiger partial charge in [0.1, 0.15) is 6.10 Å². The van der Waals surface area contributed by atoms with Crippen molar-refractivity contribution >= 4 is 18.2 Å². The van der Waals surface area contributed by atoms with E-state index in [2.05, 4.69) is 33.9 Å². The number of hydrogen-bond acceptors (Lipinski definition) is 4. The highest BCUT2D eigenvalue weighted by atomic mass is 32.2. The van der Waals surface area contributed by atoms with Crippen LogP contribution in [0.5, 0.6) is 0 Å². The molecule has 0 bridgehead atoms. The number of ether oxygens (including phenoxy) is 1. The summed E-state index contributed by atoms with van der Waals surface area (Å²) in [6.45, 7) is 11.1. The van der Waals surface area contributed by atoms with E-state index >= 15 is 0 Å². The van der Waals surface area contributed by atoms with E-state index in [0.717, 1.165) is 0 Å². The lowest BCUT2D eigenvalue weighted by Gasteiger charge is -2.35. The van der Waals surface area contributed by atoms with Crippen molar-refractivity contribution in [3.8, 4) is 0 Å². The monoisotopic (exact) mass is 328 g/mol. The van der Waals surface area contributed by atoms with Crippen LogP contribution in [0.15, 0.2) is 35.2 Å². The lowest BCUT2D eigenvalue weighted by molar-refractivity contribution is 0.243. The Morgan fingerprint density at radius 2 is 1.76 bits per heavy atom. The van der Waals surface area contributed by atoms with Crippen LogP contribution in [-0.4, -0.2) is 34.9 Å². The number of hydrogen-bond donors (Lipinski definition) is 0. The second-order valence-electron chi connectivity index (χ2n) is 6.97. The molecule has 21 heavy (non-hydrogen) atoms. The van der Waals surface area contributed by atoms with Gasteiger partial charge in [0.25, 0.3) is 0 Å². The number of epoxide rings is 1. The summed E-state index contributed by atoms with van der Waals surface area (Å²) in [7, 11) is -5.28. The van der Waals surface area contributed by atoms with E-state index in [1.807, 2.05) is 0 Å². The maximum atomic E-state index is 12.4. The van der Waals surface area contributed by atoms with Crippen molar-refractivity contribution in [3.05, 3.63) is 30.3 Å². The van der Waals surface area contributed by atoms with Crippen LogP contribution in [0.25, 0.3) is 0 Å². The molecule has 1 aromatic rings. The maximum absolute atomic E-state index is 12.4. The summed E-state index contributed by atoms with van der Waals surface area (Å²) in [6, 6.07) is 8.43. The Hall–Kier alpha value is -0.693. The average Bonchev–Trinajstić information content (AvgIpc) is 3.16. The molecule has 1 aliphatic rings. The van der Waals surface area contributed by atoms with Gasteiger partial charge in [-0.25, -0.2) is 8.42 Å². The third-order valence-corrected chi connectivity index (χ3v) is 10.8. The fourth-order valence-corrected chi connectivity index (χ4v) is 4.35. The Kier molecular flexibility index (Phi) is 4.37. The first-order valence-corrected chi connectivity index (χ1v) is 11.6. The third kappa shape index (κ3) is 3.56. The summed E-state index contributed by atoms with van der Waals surface area (Å²) in [5, 5.41) is 0.107. The van der Waals surface area contributed by atoms with Crippen LogP contribution in [0, 0.1) is 0 Å². The summed E-state index contributed by atoms with van der Waals surface area (Å²) in [5.74, 6) is 0. The van der Waals surface area contributed by atoms with Gasteiger partial charge >= 0.3 is 0 Å². The van der Waals surface area contributed by atoms with Crippen molar-refractivity contribution in [1.29, 1.82) is 0 Å². The van der Waals surface area contributed by atoms with Gasteiger partial charge < -0.3 is 9.16 Å². The zero-order chi connectivity index (χ0) is 15.9. The van der Waals surface area contributed by atoms with Gasteiger partial charge in [0.2, 0.25) is 9.84 Å². The molecule has 0 aliphatic carbocycles. The SMILES string of the molecule is CC(C)(C)[Si](C)(C)OC[C@@H]1O[C@H]1S(=O)(=O)c1ccccc1. The number of sulfone groups is 1. The van der Waals surface area contributed by atoms with E-state index in [9.17, 15) is 8.42 Å². The highest BCUT2D eigenvalue weighted by Gasteiger charge is 2.51. The predicted octanol–water partition coefficient (Wildman–Crippen LogP) is 3.21. The number of rotatable bonds is 5. The van der Waals surface area contributed by atoms with E-state index in [1.54, 1.807) is 30.3 Å². The largest absolute Gasteiger partial charge is 0.414 e. The fourth-order valence-electron chi connectivity index (χ4n) is 1.77. The summed E-state index contributed by atoms with van der Waals surface area (Å²) < 4.78 is 36.1. The zero-order valence-electron chi connectivity index (χ0n) is 13.3. The molecule has 118 valence electrons. The molecule has 2 atom stereocenters. The Labute approximate surface area is 128 Å². The molecule has 0 saturated carbocycles. The molecular formula is C15H24O4SSi. The quantitative estimate of drug-likeness (QED) is 0.615. The molecular weight excluding hydrogens is 304 g/mol. The fraction of sp³-hybridized carbons (Fsp3) is 0.600. The summed E-state index contributed by atoms with van der Waals surface area (Å²) in [5.41, 5.74) is -0.760. The standard InChI is InChI=1S/C15H24O4SSi/c1-15(2,3)21(4,5)18-11-13-14(19-13)20(16,17)12-9-7-6-8-10-12/h6-10,13-14H,11H2,1-5H3/t13-,14-/m0/s1. The molecule has 6 heteroatoms. The van der Waals surface area contributed by atoms with Crippen molar-refractivity contribution < 1.29 is 17.6 Å². The first-order valence-electron chi connectivity index (χ1n) is 7.14. The van der Waals surface area contributed by atoms with E-state index in [4.69, 9.17) is 9.16 Å². The first kappa shape index (κ1) is 16.7. The van der Waals surface area contributed by atoms with E-state index in [-0.39, 0.29) is 11.1 Å². The normalized spacial score (nSPS) is 23.1. The molecule has 0 amide bonds. The van der Waals surface area contributed by atoms with Crippen LogP contribution < -0.4 is 0 Å². The van der Waals surface area contributed by atoms with Crippen molar-refractivity contribution in [3.63, 3.8) is 0 Å². The molecule has 1 aromatic carbocycles. The Morgan fingerprint density at radius 1 is 1.19 bits per heavy atom. The summed E-state index contributed by atoms with van der Waals surface area (Å²) in [6.07, 6.45) is -0.343. The van der Waals surface area contributed by atoms with Crippen LogP contribution in [0.4, 0.5) is 0 Å². The van der Waals surface area contributed by atoms with Gasteiger partial charge in [-0.1, -0.05) is 39.0 Å². The Bertz CT molecular complexity index is 590. The second-order valence-corrected chi connectivity index (χ2v) is 13.8. The molecule has 1 aliphatic heterocycles. The van der Waals surface area contributed by atoms with Gasteiger partial charge in [0, 0.05) is 0 Å². The molecule has 4 nitrogen and oxygen atoms in total. The van der Waals surface area contributed by atoms with Crippen molar-refractivity contribution in [1.82, 2.24) is 0 Å². The summed E-state index contributed by atoms with van der Waals surface area (Å²) in [4.78, 5) is 0.310. The van der Waals surface area contributed by atoms with Gasteiger partial charge in [-0.15, -0.1) is 0 Å². The topological polar surface area (TPSA) is 55.9 Å². The Morgan fingerprint density at radius 3 is 2.29 bits per heavy atom. The van der Waals surface area contributed by atoms with Crippen LogP contribution >= 0.6 is 0 Å². The number of benzene rings is 1. The highest BCUT2D eigenvalue weighted by molar-refractivity contribution is 7.92. The van der Waals surface area contributed by atoms with Gasteiger partial charge in [-0.05, 0) is 30.3 Å². The van der Waals surface area contributed by atoms with Gasteiger partial charge in [0.05, 0.1) is 11.5 Å². The molecule has 1 fully saturated rings. The molecule has 2 rings (SSSR count). The molecule has 0 N–H and O–H groups in total. The summed E-state index contributed by atoms with van der Waals surface area (Å²) >= 11 is 0. The minimum atomic E-state index is -3.40. The average molecular weight is 329 g/mol. The van der Waals surface area contributed by atoms with Crippen molar-refractivity contribution in [2.24, 2.45) is 0 Å². The van der Waals surface area contributed by atoms with E-state index in [0.29, 0.717) is 11.5 Å². The molecule has 0 spiro atoms. The smallest absolute Gasteiger partial charge is 0.207 e. The van der Waals surface area contributed by atoms with Crippen molar-refractivity contribution in [2.45, 2.75) is 55.3 Å². The Balaban J connectivity index is 1.97. The zero-order valence-corrected chi connectivity index (χ0v) is 15.1. The van der Waals surface area contributed by atoms with Crippen LogP contribution in [0.3, 0.4) is 0 Å². The minimum Gasteiger partial charge on any atom is -0.414 e. The lowest BCUT2D eigenvalue weighted by atomic mass is 10.2. The van der Waals surface area contributed by atoms with Gasteiger partial charge in [-0.2, -0.15) is 0 Å². The van der Waals surface area contributed by atoms with Crippen molar-refractivity contribution in [2.75, 3.05) is 6.61 Å². The molecule has 1 heterocycles. The third-order valence-electron chi connectivity index (χ3n) is 4.33. The maximum Gasteiger partial charge on any atom is 0.207 e. The molecule has 0 unspecified atom stereocenters. The lowest BCUT2D eigenvalue weighted by Crippen LogP contribution is -2.41. The first-order chi connectivity index (χ1) is 9.56. The van der Waals surface area contributed by atoms with E-state index in [1.165, 1.54) is 0 Å². The minimum absolute atomic E-state index is 0.107. The second kappa shape index (κ2) is 5.50.